The molecule has 1 saturated heterocycles. The summed E-state index contributed by atoms with van der Waals surface area (Å²) in [6.07, 6.45) is -0.315. The summed E-state index contributed by atoms with van der Waals surface area (Å²) >= 11 is 0. The molecule has 1 aliphatic heterocycles. The zero-order valence-corrected chi connectivity index (χ0v) is 10.4. The quantitative estimate of drug-likeness (QED) is 0.480. The van der Waals surface area contributed by atoms with Gasteiger partial charge in [-0.05, 0) is 12.1 Å². The zero-order chi connectivity index (χ0) is 13.9. The van der Waals surface area contributed by atoms with Crippen molar-refractivity contribution in [1.29, 1.82) is 0 Å². The van der Waals surface area contributed by atoms with Gasteiger partial charge in [0.1, 0.15) is 6.42 Å². The second-order valence-corrected chi connectivity index (χ2v) is 5.30. The third-order valence-electron chi connectivity index (χ3n) is 2.17. The number of guanidine groups is 1. The number of hydrogen-bond acceptors (Lipinski definition) is 5. The van der Waals surface area contributed by atoms with Crippen LogP contribution in [0.15, 0.2) is 40.3 Å². The Morgan fingerprint density at radius 3 is 2.21 bits per heavy atom. The Morgan fingerprint density at radius 1 is 1.05 bits per heavy atom. The molecule has 0 unspecified atom stereocenters. The minimum absolute atomic E-state index is 0.0211. The van der Waals surface area contributed by atoms with Gasteiger partial charge in [0, 0.05) is 0 Å². The molecular weight excluding hydrogens is 272 g/mol. The van der Waals surface area contributed by atoms with Gasteiger partial charge in [-0.2, -0.15) is 13.2 Å². The average Bonchev–Trinajstić information content (AvgIpc) is 2.37. The number of rotatable bonds is 3. The number of benzene rings is 1. The lowest BCUT2D eigenvalue weighted by molar-refractivity contribution is -0.129. The van der Waals surface area contributed by atoms with Crippen molar-refractivity contribution in [2.75, 3.05) is 0 Å². The first-order valence-electron chi connectivity index (χ1n) is 5.21. The molecule has 0 saturated carbocycles. The fraction of sp³-hybridized carbons (Fsp3) is 0.100. The SMILES string of the molecule is O=C1CC(=O)NC(=NNS(=O)(=O)c2ccccc2)N1. The highest BCUT2D eigenvalue weighted by Gasteiger charge is 2.20. The van der Waals surface area contributed by atoms with E-state index in [9.17, 15) is 18.0 Å². The van der Waals surface area contributed by atoms with Crippen LogP contribution in [0, 0.1) is 0 Å². The molecule has 2 rings (SSSR count). The van der Waals surface area contributed by atoms with Gasteiger partial charge < -0.3 is 0 Å². The zero-order valence-electron chi connectivity index (χ0n) is 9.58. The van der Waals surface area contributed by atoms with E-state index in [2.05, 4.69) is 15.7 Å². The highest BCUT2D eigenvalue weighted by molar-refractivity contribution is 7.89. The van der Waals surface area contributed by atoms with E-state index in [0.29, 0.717) is 0 Å². The van der Waals surface area contributed by atoms with Crippen LogP contribution in [0.5, 0.6) is 0 Å². The largest absolute Gasteiger partial charge is 0.294 e. The number of nitrogens with zero attached hydrogens (tertiary/aromatic N) is 1. The summed E-state index contributed by atoms with van der Waals surface area (Å²) in [5.41, 5.74) is 0. The number of sulfonamides is 1. The molecule has 0 radical (unpaired) electrons. The van der Waals surface area contributed by atoms with Crippen LogP contribution in [0.2, 0.25) is 0 Å². The van der Waals surface area contributed by atoms with Crippen molar-refractivity contribution in [1.82, 2.24) is 15.5 Å². The Labute approximate surface area is 108 Å². The summed E-state index contributed by atoms with van der Waals surface area (Å²) in [5, 5.41) is 7.89. The molecule has 2 amide bonds. The minimum Gasteiger partial charge on any atom is -0.294 e. The van der Waals surface area contributed by atoms with Crippen LogP contribution < -0.4 is 15.5 Å². The van der Waals surface area contributed by atoms with Gasteiger partial charge in [0.25, 0.3) is 10.0 Å². The number of hydrogen-bond donors (Lipinski definition) is 3. The molecule has 3 N–H and O–H groups in total. The van der Waals surface area contributed by atoms with Gasteiger partial charge in [0.15, 0.2) is 0 Å². The monoisotopic (exact) mass is 282 g/mol. The molecule has 1 fully saturated rings. The van der Waals surface area contributed by atoms with Crippen molar-refractivity contribution in [2.45, 2.75) is 11.3 Å². The predicted octanol–water partition coefficient (Wildman–Crippen LogP) is -1.13. The van der Waals surface area contributed by atoms with Crippen molar-refractivity contribution < 1.29 is 18.0 Å². The molecule has 8 nitrogen and oxygen atoms in total. The third-order valence-corrected chi connectivity index (χ3v) is 3.39. The maximum Gasteiger partial charge on any atom is 0.276 e. The molecule has 1 heterocycles. The molecule has 0 aliphatic carbocycles. The van der Waals surface area contributed by atoms with Crippen LogP contribution in [-0.4, -0.2) is 26.2 Å². The number of carbonyl (C=O) groups excluding carboxylic acids is 2. The van der Waals surface area contributed by atoms with Gasteiger partial charge in [-0.3, -0.25) is 20.2 Å². The van der Waals surface area contributed by atoms with E-state index in [1.165, 1.54) is 12.1 Å². The fourth-order valence-electron chi connectivity index (χ4n) is 1.34. The normalized spacial score (nSPS) is 15.5. The van der Waals surface area contributed by atoms with Gasteiger partial charge in [0.2, 0.25) is 17.8 Å². The Morgan fingerprint density at radius 2 is 1.63 bits per heavy atom. The van der Waals surface area contributed by atoms with Gasteiger partial charge in [-0.15, -0.1) is 5.10 Å². The standard InChI is InChI=1S/C10H10N4O4S/c15-8-6-9(16)12-10(11-8)13-14-19(17,18)7-4-2-1-3-5-7/h1-5,14H,6H2,(H2,11,12,13,15,16). The lowest BCUT2D eigenvalue weighted by Crippen LogP contribution is -2.51. The van der Waals surface area contributed by atoms with Crippen LogP contribution in [0.25, 0.3) is 0 Å². The number of amides is 2. The summed E-state index contributed by atoms with van der Waals surface area (Å²) in [6.45, 7) is 0. The molecule has 9 heteroatoms. The number of carbonyl (C=O) groups is 2. The average molecular weight is 282 g/mol. The van der Waals surface area contributed by atoms with Gasteiger partial charge >= 0.3 is 0 Å². The van der Waals surface area contributed by atoms with Crippen LogP contribution >= 0.6 is 0 Å². The van der Waals surface area contributed by atoms with E-state index in [0.717, 1.165) is 0 Å². The first-order chi connectivity index (χ1) is 8.97. The van der Waals surface area contributed by atoms with Gasteiger partial charge in [-0.1, -0.05) is 18.2 Å². The smallest absolute Gasteiger partial charge is 0.276 e. The summed E-state index contributed by atoms with van der Waals surface area (Å²) in [5.74, 6) is -1.36. The molecule has 0 atom stereocenters. The van der Waals surface area contributed by atoms with Crippen LogP contribution in [-0.2, 0) is 19.6 Å². The Hall–Kier alpha value is -2.42. The highest BCUT2D eigenvalue weighted by Crippen LogP contribution is 2.06. The van der Waals surface area contributed by atoms with Crippen molar-refractivity contribution in [3.05, 3.63) is 30.3 Å². The van der Waals surface area contributed by atoms with E-state index in [4.69, 9.17) is 0 Å². The lowest BCUT2D eigenvalue weighted by atomic mass is 10.3. The van der Waals surface area contributed by atoms with E-state index in [1.807, 2.05) is 4.83 Å². The molecule has 1 aliphatic rings. The van der Waals surface area contributed by atoms with Crippen LogP contribution in [0.1, 0.15) is 6.42 Å². The molecular formula is C10H10N4O4S. The second-order valence-electron chi connectivity index (χ2n) is 3.64. The Kier molecular flexibility index (Phi) is 3.47. The first-order valence-corrected chi connectivity index (χ1v) is 6.70. The third kappa shape index (κ3) is 3.28. The summed E-state index contributed by atoms with van der Waals surface area (Å²) in [4.78, 5) is 24.0. The Bertz CT molecular complexity index is 621. The van der Waals surface area contributed by atoms with E-state index in [1.54, 1.807) is 18.2 Å². The minimum atomic E-state index is -3.83. The van der Waals surface area contributed by atoms with Crippen molar-refractivity contribution in [2.24, 2.45) is 5.10 Å². The lowest BCUT2D eigenvalue weighted by Gasteiger charge is -2.14. The molecule has 19 heavy (non-hydrogen) atoms. The number of hydrazone groups is 1. The van der Waals surface area contributed by atoms with E-state index < -0.39 is 21.8 Å². The molecule has 0 spiro atoms. The van der Waals surface area contributed by atoms with Gasteiger partial charge in [-0.25, -0.2) is 0 Å². The topological polar surface area (TPSA) is 117 Å². The molecule has 0 aromatic heterocycles. The predicted molar refractivity (Wildman–Crippen MR) is 65.1 cm³/mol. The summed E-state index contributed by atoms with van der Waals surface area (Å²) < 4.78 is 23.6. The maximum atomic E-state index is 11.8. The molecule has 1 aromatic carbocycles. The second kappa shape index (κ2) is 5.06. The highest BCUT2D eigenvalue weighted by atomic mass is 32.2. The first kappa shape index (κ1) is 13.0. The molecule has 1 aromatic rings. The maximum absolute atomic E-state index is 11.8. The van der Waals surface area contributed by atoms with Crippen LogP contribution in [0.4, 0.5) is 0 Å². The van der Waals surface area contributed by atoms with Crippen molar-refractivity contribution >= 4 is 27.8 Å². The fourth-order valence-corrected chi connectivity index (χ4v) is 2.18. The molecule has 0 bridgehead atoms. The Balaban J connectivity index is 2.14. The van der Waals surface area contributed by atoms with Crippen molar-refractivity contribution in [3.63, 3.8) is 0 Å². The molecule has 100 valence electrons. The van der Waals surface area contributed by atoms with Crippen molar-refractivity contribution in [3.8, 4) is 0 Å². The van der Waals surface area contributed by atoms with Gasteiger partial charge in [0.05, 0.1) is 4.90 Å². The summed E-state index contributed by atoms with van der Waals surface area (Å²) in [7, 11) is -3.83. The van der Waals surface area contributed by atoms with E-state index >= 15 is 0 Å². The summed E-state index contributed by atoms with van der Waals surface area (Å²) in [6, 6.07) is 7.57. The van der Waals surface area contributed by atoms with Crippen LogP contribution in [0.3, 0.4) is 0 Å². The van der Waals surface area contributed by atoms with E-state index in [-0.39, 0.29) is 17.3 Å². The number of nitrogens with one attached hydrogen (secondary N) is 3.